The number of carbonyl (C=O) groups is 2. The second-order valence-electron chi connectivity index (χ2n) is 5.40. The number of halogens is 1. The van der Waals surface area contributed by atoms with Crippen molar-refractivity contribution in [3.05, 3.63) is 66.0 Å². The van der Waals surface area contributed by atoms with Gasteiger partial charge in [-0.15, -0.1) is 0 Å². The SMILES string of the molecule is C[C@H](c1ccccc1)[C@@H](CC(=O)O)C(=O)Nc1ccc(F)cc1. The van der Waals surface area contributed by atoms with Crippen molar-refractivity contribution in [2.24, 2.45) is 5.92 Å². The van der Waals surface area contributed by atoms with Gasteiger partial charge in [0.05, 0.1) is 12.3 Å². The molecule has 2 atom stereocenters. The molecule has 2 aromatic carbocycles. The van der Waals surface area contributed by atoms with Gasteiger partial charge in [0.1, 0.15) is 5.82 Å². The third-order valence-electron chi connectivity index (χ3n) is 3.77. The summed E-state index contributed by atoms with van der Waals surface area (Å²) in [6.45, 7) is 1.83. The van der Waals surface area contributed by atoms with Crippen LogP contribution in [0.4, 0.5) is 10.1 Å². The minimum absolute atomic E-state index is 0.257. The molecule has 1 amide bonds. The Morgan fingerprint density at radius 2 is 1.70 bits per heavy atom. The van der Waals surface area contributed by atoms with Gasteiger partial charge in [0.25, 0.3) is 0 Å². The Kier molecular flexibility index (Phi) is 5.46. The van der Waals surface area contributed by atoms with Crippen molar-refractivity contribution in [3.63, 3.8) is 0 Å². The number of hydrogen-bond acceptors (Lipinski definition) is 2. The van der Waals surface area contributed by atoms with Crippen LogP contribution >= 0.6 is 0 Å². The van der Waals surface area contributed by atoms with Crippen LogP contribution in [0.3, 0.4) is 0 Å². The number of aliphatic carboxylic acids is 1. The number of carboxylic acids is 1. The number of benzene rings is 2. The standard InChI is InChI=1S/C18H18FNO3/c1-12(13-5-3-2-4-6-13)16(11-17(21)22)18(23)20-15-9-7-14(19)8-10-15/h2-10,12,16H,11H2,1H3,(H,20,23)(H,21,22)/t12-,16-/m1/s1. The number of hydrogen-bond donors (Lipinski definition) is 2. The minimum Gasteiger partial charge on any atom is -0.481 e. The molecule has 0 aromatic heterocycles. The van der Waals surface area contributed by atoms with Crippen LogP contribution in [0.15, 0.2) is 54.6 Å². The van der Waals surface area contributed by atoms with Crippen LogP contribution in [0, 0.1) is 11.7 Å². The molecule has 0 aliphatic carbocycles. The maximum atomic E-state index is 12.9. The first-order valence-electron chi connectivity index (χ1n) is 7.30. The molecule has 0 fully saturated rings. The Hall–Kier alpha value is -2.69. The number of anilines is 1. The van der Waals surface area contributed by atoms with E-state index < -0.39 is 23.6 Å². The van der Waals surface area contributed by atoms with Crippen LogP contribution in [0.2, 0.25) is 0 Å². The van der Waals surface area contributed by atoms with E-state index in [-0.39, 0.29) is 12.3 Å². The summed E-state index contributed by atoms with van der Waals surface area (Å²) in [4.78, 5) is 23.6. The van der Waals surface area contributed by atoms with Crippen molar-refractivity contribution in [3.8, 4) is 0 Å². The van der Waals surface area contributed by atoms with Gasteiger partial charge in [0, 0.05) is 5.69 Å². The molecule has 5 heteroatoms. The van der Waals surface area contributed by atoms with Crippen molar-refractivity contribution in [1.29, 1.82) is 0 Å². The Morgan fingerprint density at radius 3 is 2.26 bits per heavy atom. The normalized spacial score (nSPS) is 13.1. The molecular weight excluding hydrogens is 297 g/mol. The lowest BCUT2D eigenvalue weighted by molar-refractivity contribution is -0.140. The minimum atomic E-state index is -1.04. The maximum absolute atomic E-state index is 12.9. The molecule has 0 bridgehead atoms. The van der Waals surface area contributed by atoms with Gasteiger partial charge in [-0.3, -0.25) is 9.59 Å². The third kappa shape index (κ3) is 4.64. The highest BCUT2D eigenvalue weighted by Gasteiger charge is 2.28. The quantitative estimate of drug-likeness (QED) is 0.855. The smallest absolute Gasteiger partial charge is 0.304 e. The average Bonchev–Trinajstić information content (AvgIpc) is 2.54. The number of carbonyl (C=O) groups excluding carboxylic acids is 1. The summed E-state index contributed by atoms with van der Waals surface area (Å²) in [6, 6.07) is 14.7. The monoisotopic (exact) mass is 315 g/mol. The molecule has 0 unspecified atom stereocenters. The van der Waals surface area contributed by atoms with Crippen LogP contribution < -0.4 is 5.32 Å². The van der Waals surface area contributed by atoms with Gasteiger partial charge in [-0.2, -0.15) is 0 Å². The van der Waals surface area contributed by atoms with E-state index in [1.165, 1.54) is 24.3 Å². The summed E-state index contributed by atoms with van der Waals surface area (Å²) in [5, 5.41) is 11.8. The molecule has 4 nitrogen and oxygen atoms in total. The molecule has 23 heavy (non-hydrogen) atoms. The molecule has 120 valence electrons. The molecule has 2 rings (SSSR count). The van der Waals surface area contributed by atoms with Gasteiger partial charge < -0.3 is 10.4 Å². The van der Waals surface area contributed by atoms with E-state index in [9.17, 15) is 14.0 Å². The van der Waals surface area contributed by atoms with E-state index in [1.54, 1.807) is 0 Å². The zero-order valence-corrected chi connectivity index (χ0v) is 12.7. The number of rotatable bonds is 6. The van der Waals surface area contributed by atoms with E-state index in [2.05, 4.69) is 5.32 Å². The summed E-state index contributed by atoms with van der Waals surface area (Å²) < 4.78 is 12.9. The van der Waals surface area contributed by atoms with Crippen LogP contribution in [0.1, 0.15) is 24.8 Å². The molecule has 0 aliphatic rings. The number of amides is 1. The van der Waals surface area contributed by atoms with E-state index >= 15 is 0 Å². The highest BCUT2D eigenvalue weighted by molar-refractivity contribution is 5.95. The summed E-state index contributed by atoms with van der Waals surface area (Å²) in [6.07, 6.45) is -0.275. The van der Waals surface area contributed by atoms with Crippen LogP contribution in [0.5, 0.6) is 0 Å². The van der Waals surface area contributed by atoms with Crippen LogP contribution in [-0.2, 0) is 9.59 Å². The molecule has 2 aromatic rings. The highest BCUT2D eigenvalue weighted by atomic mass is 19.1. The van der Waals surface area contributed by atoms with Crippen molar-refractivity contribution in [2.45, 2.75) is 19.3 Å². The van der Waals surface area contributed by atoms with E-state index in [4.69, 9.17) is 5.11 Å². The van der Waals surface area contributed by atoms with Gasteiger partial charge in [-0.25, -0.2) is 4.39 Å². The summed E-state index contributed by atoms with van der Waals surface area (Å²) in [5.41, 5.74) is 1.33. The molecule has 2 N–H and O–H groups in total. The Morgan fingerprint density at radius 1 is 1.09 bits per heavy atom. The summed E-state index contributed by atoms with van der Waals surface area (Å²) in [5.74, 6) is -2.81. The molecule has 0 radical (unpaired) electrons. The summed E-state index contributed by atoms with van der Waals surface area (Å²) >= 11 is 0. The molecule has 0 spiro atoms. The maximum Gasteiger partial charge on any atom is 0.304 e. The van der Waals surface area contributed by atoms with Crippen molar-refractivity contribution in [2.75, 3.05) is 5.32 Å². The average molecular weight is 315 g/mol. The molecule has 0 heterocycles. The van der Waals surface area contributed by atoms with E-state index in [0.717, 1.165) is 5.56 Å². The number of carboxylic acid groups (broad SMARTS) is 1. The first-order chi connectivity index (χ1) is 11.0. The topological polar surface area (TPSA) is 66.4 Å². The van der Waals surface area contributed by atoms with Crippen LogP contribution in [-0.4, -0.2) is 17.0 Å². The number of nitrogens with one attached hydrogen (secondary N) is 1. The Labute approximate surface area is 134 Å². The molecule has 0 saturated carbocycles. The predicted molar refractivity (Wildman–Crippen MR) is 85.6 cm³/mol. The van der Waals surface area contributed by atoms with Crippen molar-refractivity contribution < 1.29 is 19.1 Å². The zero-order valence-electron chi connectivity index (χ0n) is 12.7. The first kappa shape index (κ1) is 16.7. The lowest BCUT2D eigenvalue weighted by Crippen LogP contribution is -2.29. The Bertz CT molecular complexity index is 670. The first-order valence-corrected chi connectivity index (χ1v) is 7.30. The third-order valence-corrected chi connectivity index (χ3v) is 3.77. The largest absolute Gasteiger partial charge is 0.481 e. The van der Waals surface area contributed by atoms with Gasteiger partial charge in [0.15, 0.2) is 0 Å². The van der Waals surface area contributed by atoms with E-state index in [0.29, 0.717) is 5.69 Å². The fourth-order valence-electron chi connectivity index (χ4n) is 2.44. The Balaban J connectivity index is 2.18. The van der Waals surface area contributed by atoms with Gasteiger partial charge in [-0.05, 0) is 35.7 Å². The molecule has 0 aliphatic heterocycles. The predicted octanol–water partition coefficient (Wildman–Crippen LogP) is 3.66. The summed E-state index contributed by atoms with van der Waals surface area (Å²) in [7, 11) is 0. The van der Waals surface area contributed by atoms with Crippen LogP contribution in [0.25, 0.3) is 0 Å². The van der Waals surface area contributed by atoms with Gasteiger partial charge in [0.2, 0.25) is 5.91 Å². The van der Waals surface area contributed by atoms with Gasteiger partial charge >= 0.3 is 5.97 Å². The molecule has 0 saturated heterocycles. The lowest BCUT2D eigenvalue weighted by atomic mass is 9.84. The van der Waals surface area contributed by atoms with E-state index in [1.807, 2.05) is 37.3 Å². The fourth-order valence-corrected chi connectivity index (χ4v) is 2.44. The fraction of sp³-hybridized carbons (Fsp3) is 0.222. The second kappa shape index (κ2) is 7.54. The van der Waals surface area contributed by atoms with Crippen molar-refractivity contribution in [1.82, 2.24) is 0 Å². The van der Waals surface area contributed by atoms with Gasteiger partial charge in [-0.1, -0.05) is 37.3 Å². The second-order valence-corrected chi connectivity index (χ2v) is 5.40. The molecular formula is C18H18FNO3. The lowest BCUT2D eigenvalue weighted by Gasteiger charge is -2.22. The highest BCUT2D eigenvalue weighted by Crippen LogP contribution is 2.28. The zero-order chi connectivity index (χ0) is 16.8. The van der Waals surface area contributed by atoms with Crippen molar-refractivity contribution >= 4 is 17.6 Å².